The number of carbonyl (C=O) groups excluding carboxylic acids is 1. The standard InChI is InChI=1S/C21H20N4O4S/c1-2-6-16-7-3-4-8-19(16)29-15-20(26)24-17-9-11-18(12-10-17)30(27,28)25-21-22-13-5-14-23-21/h2-5,7-14H,1,6,15H2,(H,24,26)(H,22,23,25). The molecule has 0 atom stereocenters. The summed E-state index contributed by atoms with van der Waals surface area (Å²) in [7, 11) is -3.84. The van der Waals surface area contributed by atoms with Gasteiger partial charge in [0.1, 0.15) is 5.75 Å². The number of benzene rings is 2. The van der Waals surface area contributed by atoms with E-state index in [1.165, 1.54) is 36.7 Å². The van der Waals surface area contributed by atoms with Crippen LogP contribution in [0.5, 0.6) is 5.75 Å². The number of rotatable bonds is 9. The van der Waals surface area contributed by atoms with Crippen LogP contribution in [0.4, 0.5) is 11.6 Å². The molecular formula is C21H20N4O4S. The third kappa shape index (κ3) is 5.65. The fourth-order valence-electron chi connectivity index (χ4n) is 2.56. The minimum absolute atomic E-state index is 0.0163. The highest BCUT2D eigenvalue weighted by Crippen LogP contribution is 2.19. The van der Waals surface area contributed by atoms with Gasteiger partial charge >= 0.3 is 0 Å². The molecule has 3 rings (SSSR count). The zero-order valence-corrected chi connectivity index (χ0v) is 16.8. The van der Waals surface area contributed by atoms with Crippen LogP contribution in [0, 0.1) is 0 Å². The van der Waals surface area contributed by atoms with Gasteiger partial charge in [-0.3, -0.25) is 4.79 Å². The first-order valence-corrected chi connectivity index (χ1v) is 10.5. The molecule has 9 heteroatoms. The lowest BCUT2D eigenvalue weighted by molar-refractivity contribution is -0.118. The van der Waals surface area contributed by atoms with Crippen LogP contribution in [0.3, 0.4) is 0 Å². The van der Waals surface area contributed by atoms with Crippen LogP contribution in [0.2, 0.25) is 0 Å². The normalized spacial score (nSPS) is 10.8. The lowest BCUT2D eigenvalue weighted by atomic mass is 10.1. The Morgan fingerprint density at radius 3 is 2.43 bits per heavy atom. The second-order valence-electron chi connectivity index (χ2n) is 6.14. The molecule has 0 spiro atoms. The number of nitrogens with one attached hydrogen (secondary N) is 2. The summed E-state index contributed by atoms with van der Waals surface area (Å²) in [5.41, 5.74) is 1.38. The van der Waals surface area contributed by atoms with E-state index in [2.05, 4.69) is 26.6 Å². The summed E-state index contributed by atoms with van der Waals surface area (Å²) >= 11 is 0. The van der Waals surface area contributed by atoms with Crippen LogP contribution in [-0.2, 0) is 21.2 Å². The van der Waals surface area contributed by atoms with E-state index in [-0.39, 0.29) is 23.4 Å². The Balaban J connectivity index is 1.59. The number of allylic oxidation sites excluding steroid dienone is 1. The quantitative estimate of drug-likeness (QED) is 0.511. The van der Waals surface area contributed by atoms with Crippen molar-refractivity contribution in [2.24, 2.45) is 0 Å². The average Bonchev–Trinajstić information content (AvgIpc) is 2.74. The Bertz CT molecular complexity index is 1120. The molecule has 0 unspecified atom stereocenters. The fraction of sp³-hybridized carbons (Fsp3) is 0.0952. The summed E-state index contributed by atoms with van der Waals surface area (Å²) in [4.78, 5) is 19.9. The Labute approximate surface area is 174 Å². The van der Waals surface area contributed by atoms with E-state index < -0.39 is 10.0 Å². The summed E-state index contributed by atoms with van der Waals surface area (Å²) in [6, 6.07) is 14.7. The van der Waals surface area contributed by atoms with Crippen molar-refractivity contribution in [3.05, 3.63) is 85.2 Å². The second kappa shape index (κ2) is 9.66. The first kappa shape index (κ1) is 21.0. The molecule has 154 valence electrons. The van der Waals surface area contributed by atoms with Crippen molar-refractivity contribution in [2.75, 3.05) is 16.6 Å². The van der Waals surface area contributed by atoms with Gasteiger partial charge in [0.15, 0.2) is 6.61 Å². The van der Waals surface area contributed by atoms with Gasteiger partial charge in [-0.1, -0.05) is 24.3 Å². The predicted octanol–water partition coefficient (Wildman–Crippen LogP) is 3.02. The summed E-state index contributed by atoms with van der Waals surface area (Å²) in [6.45, 7) is 3.53. The number of anilines is 2. The molecule has 0 saturated carbocycles. The molecule has 2 aromatic carbocycles. The van der Waals surface area contributed by atoms with Gasteiger partial charge in [-0.2, -0.15) is 0 Å². The molecule has 2 N–H and O–H groups in total. The molecule has 0 fully saturated rings. The monoisotopic (exact) mass is 424 g/mol. The van der Waals surface area contributed by atoms with E-state index in [1.54, 1.807) is 18.2 Å². The summed E-state index contributed by atoms with van der Waals surface area (Å²) in [5, 5.41) is 2.67. The summed E-state index contributed by atoms with van der Waals surface area (Å²) in [6.07, 6.45) is 5.26. The highest BCUT2D eigenvalue weighted by Gasteiger charge is 2.15. The lowest BCUT2D eigenvalue weighted by Gasteiger charge is -2.11. The Hall–Kier alpha value is -3.72. The summed E-state index contributed by atoms with van der Waals surface area (Å²) < 4.78 is 32.6. The molecule has 30 heavy (non-hydrogen) atoms. The SMILES string of the molecule is C=CCc1ccccc1OCC(=O)Nc1ccc(S(=O)(=O)Nc2ncccn2)cc1. The van der Waals surface area contributed by atoms with Crippen molar-refractivity contribution in [3.8, 4) is 5.75 Å². The molecule has 0 aliphatic heterocycles. The Kier molecular flexibility index (Phi) is 6.76. The van der Waals surface area contributed by atoms with E-state index in [0.29, 0.717) is 17.9 Å². The number of sulfonamides is 1. The molecule has 0 saturated heterocycles. The molecular weight excluding hydrogens is 404 g/mol. The van der Waals surface area contributed by atoms with Gasteiger partial charge in [0, 0.05) is 18.1 Å². The molecule has 0 aliphatic carbocycles. The average molecular weight is 424 g/mol. The van der Waals surface area contributed by atoms with Gasteiger partial charge in [0.25, 0.3) is 15.9 Å². The molecule has 0 bridgehead atoms. The number of para-hydroxylation sites is 1. The third-order valence-corrected chi connectivity index (χ3v) is 5.28. The summed E-state index contributed by atoms with van der Waals surface area (Å²) in [5.74, 6) is 0.224. The van der Waals surface area contributed by atoms with Crippen molar-refractivity contribution in [2.45, 2.75) is 11.3 Å². The van der Waals surface area contributed by atoms with E-state index in [9.17, 15) is 13.2 Å². The zero-order chi connectivity index (χ0) is 21.4. The highest BCUT2D eigenvalue weighted by molar-refractivity contribution is 7.92. The lowest BCUT2D eigenvalue weighted by Crippen LogP contribution is -2.20. The number of aromatic nitrogens is 2. The van der Waals surface area contributed by atoms with Crippen LogP contribution in [0.15, 0.2) is 84.5 Å². The predicted molar refractivity (Wildman–Crippen MR) is 114 cm³/mol. The number of ether oxygens (including phenoxy) is 1. The number of amides is 1. The maximum atomic E-state index is 12.4. The molecule has 1 aromatic heterocycles. The molecule has 8 nitrogen and oxygen atoms in total. The number of hydrogen-bond acceptors (Lipinski definition) is 6. The third-order valence-electron chi connectivity index (χ3n) is 3.94. The highest BCUT2D eigenvalue weighted by atomic mass is 32.2. The van der Waals surface area contributed by atoms with Gasteiger partial charge in [0.2, 0.25) is 5.95 Å². The van der Waals surface area contributed by atoms with Gasteiger partial charge in [-0.25, -0.2) is 23.1 Å². The van der Waals surface area contributed by atoms with Crippen LogP contribution < -0.4 is 14.8 Å². The van der Waals surface area contributed by atoms with E-state index in [0.717, 1.165) is 5.56 Å². The molecule has 1 heterocycles. The van der Waals surface area contributed by atoms with Crippen LogP contribution in [0.1, 0.15) is 5.56 Å². The zero-order valence-electron chi connectivity index (χ0n) is 16.0. The largest absolute Gasteiger partial charge is 0.483 e. The van der Waals surface area contributed by atoms with E-state index >= 15 is 0 Å². The van der Waals surface area contributed by atoms with Crippen LogP contribution >= 0.6 is 0 Å². The Morgan fingerprint density at radius 2 is 1.73 bits per heavy atom. The van der Waals surface area contributed by atoms with E-state index in [4.69, 9.17) is 4.74 Å². The first-order valence-electron chi connectivity index (χ1n) is 8.99. The van der Waals surface area contributed by atoms with Crippen molar-refractivity contribution in [1.82, 2.24) is 9.97 Å². The topological polar surface area (TPSA) is 110 Å². The minimum Gasteiger partial charge on any atom is -0.483 e. The fourth-order valence-corrected chi connectivity index (χ4v) is 3.52. The molecule has 0 radical (unpaired) electrons. The number of nitrogens with zero attached hydrogens (tertiary/aromatic N) is 2. The van der Waals surface area contributed by atoms with Gasteiger partial charge < -0.3 is 10.1 Å². The van der Waals surface area contributed by atoms with Crippen molar-refractivity contribution in [1.29, 1.82) is 0 Å². The van der Waals surface area contributed by atoms with E-state index in [1.807, 2.05) is 18.2 Å². The maximum absolute atomic E-state index is 12.4. The number of hydrogen-bond donors (Lipinski definition) is 2. The van der Waals surface area contributed by atoms with Crippen LogP contribution in [0.25, 0.3) is 0 Å². The Morgan fingerprint density at radius 1 is 1.03 bits per heavy atom. The second-order valence-corrected chi connectivity index (χ2v) is 7.82. The molecule has 0 aliphatic rings. The van der Waals surface area contributed by atoms with Gasteiger partial charge in [-0.15, -0.1) is 6.58 Å². The van der Waals surface area contributed by atoms with Crippen molar-refractivity contribution >= 4 is 27.6 Å². The van der Waals surface area contributed by atoms with Crippen molar-refractivity contribution < 1.29 is 17.9 Å². The minimum atomic E-state index is -3.84. The number of carbonyl (C=O) groups is 1. The van der Waals surface area contributed by atoms with Gasteiger partial charge in [0.05, 0.1) is 4.90 Å². The first-order chi connectivity index (χ1) is 14.5. The van der Waals surface area contributed by atoms with Crippen molar-refractivity contribution in [3.63, 3.8) is 0 Å². The smallest absolute Gasteiger partial charge is 0.264 e. The maximum Gasteiger partial charge on any atom is 0.264 e. The van der Waals surface area contributed by atoms with Gasteiger partial charge in [-0.05, 0) is 48.4 Å². The molecule has 1 amide bonds. The molecule has 3 aromatic rings. The van der Waals surface area contributed by atoms with Crippen LogP contribution in [-0.4, -0.2) is 30.9 Å².